The number of benzene rings is 1. The molecule has 0 radical (unpaired) electrons. The molecule has 0 fully saturated rings. The molecule has 0 aromatic heterocycles. The van der Waals surface area contributed by atoms with Gasteiger partial charge >= 0.3 is 0 Å². The van der Waals surface area contributed by atoms with E-state index in [0.717, 1.165) is 12.3 Å². The lowest BCUT2D eigenvalue weighted by Gasteiger charge is -2.17. The molecule has 0 heterocycles. The highest BCUT2D eigenvalue weighted by molar-refractivity contribution is 7.99. The van der Waals surface area contributed by atoms with Crippen molar-refractivity contribution >= 4 is 11.8 Å². The number of hydrogen-bond donors (Lipinski definition) is 1. The molecule has 1 rings (SSSR count). The summed E-state index contributed by atoms with van der Waals surface area (Å²) in [4.78, 5) is 1.33. The molecule has 1 N–H and O–H groups in total. The van der Waals surface area contributed by atoms with E-state index in [1.54, 1.807) is 7.11 Å². The third-order valence-electron chi connectivity index (χ3n) is 2.38. The van der Waals surface area contributed by atoms with E-state index in [2.05, 4.69) is 43.4 Å². The maximum Gasteiger partial charge on any atom is 0.0657 e. The summed E-state index contributed by atoms with van der Waals surface area (Å²) in [5, 5.41) is 3.42. The molecule has 1 atom stereocenters. The van der Waals surface area contributed by atoms with Gasteiger partial charge in [0.25, 0.3) is 0 Å². The molecule has 3 heteroatoms. The van der Waals surface area contributed by atoms with Gasteiger partial charge in [-0.1, -0.05) is 26.0 Å². The number of ether oxygens (including phenoxy) is 1. The lowest BCUT2D eigenvalue weighted by Crippen LogP contribution is -2.24. The van der Waals surface area contributed by atoms with Gasteiger partial charge in [0.2, 0.25) is 0 Å². The molecule has 0 amide bonds. The van der Waals surface area contributed by atoms with Crippen LogP contribution in [0.3, 0.4) is 0 Å². The van der Waals surface area contributed by atoms with Crippen molar-refractivity contribution in [3.8, 4) is 0 Å². The SMILES string of the molecule is CCNC(COC)c1ccc(SCC)cc1. The van der Waals surface area contributed by atoms with E-state index < -0.39 is 0 Å². The fraction of sp³-hybridized carbons (Fsp3) is 0.538. The maximum atomic E-state index is 5.22. The van der Waals surface area contributed by atoms with E-state index in [-0.39, 0.29) is 0 Å². The Labute approximate surface area is 103 Å². The van der Waals surface area contributed by atoms with Crippen LogP contribution in [-0.2, 0) is 4.74 Å². The first kappa shape index (κ1) is 13.6. The third kappa shape index (κ3) is 4.16. The lowest BCUT2D eigenvalue weighted by molar-refractivity contribution is 0.168. The van der Waals surface area contributed by atoms with Crippen molar-refractivity contribution in [2.45, 2.75) is 24.8 Å². The van der Waals surface area contributed by atoms with Crippen molar-refractivity contribution in [3.05, 3.63) is 29.8 Å². The van der Waals surface area contributed by atoms with E-state index in [1.165, 1.54) is 10.5 Å². The molecule has 0 aliphatic heterocycles. The van der Waals surface area contributed by atoms with Crippen LogP contribution < -0.4 is 5.32 Å². The lowest BCUT2D eigenvalue weighted by atomic mass is 10.1. The molecule has 1 unspecified atom stereocenters. The van der Waals surface area contributed by atoms with Gasteiger partial charge in [-0.25, -0.2) is 0 Å². The van der Waals surface area contributed by atoms with E-state index in [0.29, 0.717) is 12.6 Å². The van der Waals surface area contributed by atoms with Gasteiger partial charge in [-0.3, -0.25) is 0 Å². The fourth-order valence-corrected chi connectivity index (χ4v) is 2.31. The number of likely N-dealkylation sites (N-methyl/N-ethyl adjacent to an activating group) is 1. The van der Waals surface area contributed by atoms with Crippen LogP contribution in [0.5, 0.6) is 0 Å². The molecule has 0 spiro atoms. The maximum absolute atomic E-state index is 5.22. The summed E-state index contributed by atoms with van der Waals surface area (Å²) in [6, 6.07) is 9.04. The van der Waals surface area contributed by atoms with Gasteiger partial charge < -0.3 is 10.1 Å². The molecule has 0 saturated carbocycles. The van der Waals surface area contributed by atoms with Crippen LogP contribution >= 0.6 is 11.8 Å². The second-order valence-electron chi connectivity index (χ2n) is 3.57. The Hall–Kier alpha value is -0.510. The van der Waals surface area contributed by atoms with Gasteiger partial charge in [0.15, 0.2) is 0 Å². The molecular weight excluding hydrogens is 218 g/mol. The first-order chi connectivity index (χ1) is 7.81. The van der Waals surface area contributed by atoms with Crippen molar-refractivity contribution in [2.75, 3.05) is 26.0 Å². The summed E-state index contributed by atoms with van der Waals surface area (Å²) in [5.74, 6) is 1.12. The van der Waals surface area contributed by atoms with Crippen molar-refractivity contribution in [1.29, 1.82) is 0 Å². The summed E-state index contributed by atoms with van der Waals surface area (Å²) >= 11 is 1.87. The van der Waals surface area contributed by atoms with Gasteiger partial charge in [-0.05, 0) is 30.0 Å². The summed E-state index contributed by atoms with van der Waals surface area (Å²) in [5.41, 5.74) is 1.30. The Bertz CT molecular complexity index is 280. The largest absolute Gasteiger partial charge is 0.383 e. The number of nitrogens with one attached hydrogen (secondary N) is 1. The van der Waals surface area contributed by atoms with Crippen molar-refractivity contribution < 1.29 is 4.74 Å². The first-order valence-electron chi connectivity index (χ1n) is 5.76. The van der Waals surface area contributed by atoms with Gasteiger partial charge in [0.05, 0.1) is 12.6 Å². The Morgan fingerprint density at radius 1 is 1.25 bits per heavy atom. The second kappa shape index (κ2) is 7.71. The molecule has 1 aromatic rings. The first-order valence-corrected chi connectivity index (χ1v) is 6.75. The van der Waals surface area contributed by atoms with E-state index >= 15 is 0 Å². The second-order valence-corrected chi connectivity index (χ2v) is 4.91. The van der Waals surface area contributed by atoms with Crippen molar-refractivity contribution in [3.63, 3.8) is 0 Å². The third-order valence-corrected chi connectivity index (χ3v) is 3.27. The van der Waals surface area contributed by atoms with Crippen LogP contribution in [0.2, 0.25) is 0 Å². The van der Waals surface area contributed by atoms with E-state index in [4.69, 9.17) is 4.74 Å². The summed E-state index contributed by atoms with van der Waals surface area (Å²) in [7, 11) is 1.74. The summed E-state index contributed by atoms with van der Waals surface area (Å²) in [6.07, 6.45) is 0. The Kier molecular flexibility index (Phi) is 6.53. The molecule has 0 aliphatic carbocycles. The standard InChI is InChI=1S/C13H21NOS/c1-4-14-13(10-15-3)11-6-8-12(9-7-11)16-5-2/h6-9,13-14H,4-5,10H2,1-3H3. The highest BCUT2D eigenvalue weighted by Crippen LogP contribution is 2.20. The molecule has 0 saturated heterocycles. The van der Waals surface area contributed by atoms with Crippen LogP contribution in [0.1, 0.15) is 25.5 Å². The predicted molar refractivity (Wildman–Crippen MR) is 71.1 cm³/mol. The summed E-state index contributed by atoms with van der Waals surface area (Å²) in [6.45, 7) is 5.96. The highest BCUT2D eigenvalue weighted by atomic mass is 32.2. The van der Waals surface area contributed by atoms with Crippen LogP contribution in [0.4, 0.5) is 0 Å². The molecule has 2 nitrogen and oxygen atoms in total. The molecule has 1 aromatic carbocycles. The minimum absolute atomic E-state index is 0.302. The van der Waals surface area contributed by atoms with Gasteiger partial charge in [-0.2, -0.15) is 0 Å². The minimum Gasteiger partial charge on any atom is -0.383 e. The molecule has 0 bridgehead atoms. The molecular formula is C13H21NOS. The number of rotatable bonds is 7. The van der Waals surface area contributed by atoms with E-state index in [1.807, 2.05) is 11.8 Å². The average Bonchev–Trinajstić information content (AvgIpc) is 2.30. The van der Waals surface area contributed by atoms with Crippen molar-refractivity contribution in [1.82, 2.24) is 5.32 Å². The van der Waals surface area contributed by atoms with Gasteiger partial charge in [0, 0.05) is 12.0 Å². The van der Waals surface area contributed by atoms with Crippen LogP contribution in [-0.4, -0.2) is 26.0 Å². The zero-order valence-electron chi connectivity index (χ0n) is 10.3. The molecule has 0 aliphatic rings. The Morgan fingerprint density at radius 2 is 1.94 bits per heavy atom. The zero-order chi connectivity index (χ0) is 11.8. The minimum atomic E-state index is 0.302. The highest BCUT2D eigenvalue weighted by Gasteiger charge is 2.09. The van der Waals surface area contributed by atoms with Gasteiger partial charge in [0.1, 0.15) is 0 Å². The Morgan fingerprint density at radius 3 is 2.44 bits per heavy atom. The number of hydrogen-bond acceptors (Lipinski definition) is 3. The summed E-state index contributed by atoms with van der Waals surface area (Å²) < 4.78 is 5.22. The van der Waals surface area contributed by atoms with Crippen LogP contribution in [0, 0.1) is 0 Å². The number of thioether (sulfide) groups is 1. The van der Waals surface area contributed by atoms with Crippen LogP contribution in [0.25, 0.3) is 0 Å². The predicted octanol–water partition coefficient (Wildman–Crippen LogP) is 3.10. The fourth-order valence-electron chi connectivity index (χ4n) is 1.65. The number of methoxy groups -OCH3 is 1. The smallest absolute Gasteiger partial charge is 0.0657 e. The topological polar surface area (TPSA) is 21.3 Å². The average molecular weight is 239 g/mol. The Balaban J connectivity index is 2.68. The van der Waals surface area contributed by atoms with Crippen molar-refractivity contribution in [2.24, 2.45) is 0 Å². The monoisotopic (exact) mass is 239 g/mol. The molecule has 16 heavy (non-hydrogen) atoms. The van der Waals surface area contributed by atoms with E-state index in [9.17, 15) is 0 Å². The quantitative estimate of drug-likeness (QED) is 0.739. The molecule has 90 valence electrons. The van der Waals surface area contributed by atoms with Gasteiger partial charge in [-0.15, -0.1) is 11.8 Å². The normalized spacial score (nSPS) is 12.7. The zero-order valence-corrected chi connectivity index (χ0v) is 11.1. The van der Waals surface area contributed by atoms with Crippen LogP contribution in [0.15, 0.2) is 29.2 Å².